The fraction of sp³-hybridized carbons (Fsp3) is 0.447. The number of fused-ring (bicyclic) bond motifs is 1. The summed E-state index contributed by atoms with van der Waals surface area (Å²) in [5.74, 6) is -1.81. The number of hydrogen-bond acceptors (Lipinski definition) is 10. The van der Waals surface area contributed by atoms with Gasteiger partial charge >= 0.3 is 0 Å². The summed E-state index contributed by atoms with van der Waals surface area (Å²) in [5.41, 5.74) is -1.30. The average molecular weight is 873 g/mol. The van der Waals surface area contributed by atoms with Gasteiger partial charge in [-0.1, -0.05) is 32.9 Å². The number of carbonyl (C=O) groups is 4. The van der Waals surface area contributed by atoms with Crippen molar-refractivity contribution in [3.63, 3.8) is 0 Å². The summed E-state index contributed by atoms with van der Waals surface area (Å²) in [6, 6.07) is 10.5. The van der Waals surface area contributed by atoms with E-state index in [2.05, 4.69) is 54.8 Å². The summed E-state index contributed by atoms with van der Waals surface area (Å²) < 4.78 is 40.6. The minimum Gasteiger partial charge on any atom is -0.494 e. The molecular formula is C38H45IN6O8S. The molecule has 1 aromatic heterocycles. The van der Waals surface area contributed by atoms with Gasteiger partial charge in [0.2, 0.25) is 27.7 Å². The second-order valence-corrected chi connectivity index (χ2v) is 18.3. The van der Waals surface area contributed by atoms with Crippen molar-refractivity contribution in [3.05, 3.63) is 70.5 Å². The van der Waals surface area contributed by atoms with Crippen LogP contribution in [-0.4, -0.2) is 91.6 Å². The third kappa shape index (κ3) is 7.99. The minimum atomic E-state index is -3.90. The van der Waals surface area contributed by atoms with Gasteiger partial charge in [0, 0.05) is 45.0 Å². The van der Waals surface area contributed by atoms with E-state index in [-0.39, 0.29) is 25.3 Å². The lowest BCUT2D eigenvalue weighted by Gasteiger charge is -2.36. The molecule has 0 radical (unpaired) electrons. The molecule has 2 aromatic carbocycles. The highest BCUT2D eigenvalue weighted by Gasteiger charge is 2.62. The summed E-state index contributed by atoms with van der Waals surface area (Å²) in [4.78, 5) is 61.1. The van der Waals surface area contributed by atoms with E-state index >= 15 is 0 Å². The molecule has 2 saturated carbocycles. The van der Waals surface area contributed by atoms with E-state index in [1.807, 2.05) is 39.0 Å². The van der Waals surface area contributed by atoms with Crippen molar-refractivity contribution in [2.75, 3.05) is 26.0 Å². The molecule has 2 aliphatic carbocycles. The Hall–Kier alpha value is -4.45. The molecule has 2 heterocycles. The van der Waals surface area contributed by atoms with E-state index in [1.165, 1.54) is 18.0 Å². The maximum Gasteiger partial charge on any atom is 0.259 e. The van der Waals surface area contributed by atoms with Gasteiger partial charge in [-0.15, -0.1) is 6.58 Å². The molecule has 6 rings (SSSR count). The predicted molar refractivity (Wildman–Crippen MR) is 212 cm³/mol. The first-order chi connectivity index (χ1) is 25.5. The van der Waals surface area contributed by atoms with Gasteiger partial charge in [0.1, 0.15) is 29.5 Å². The van der Waals surface area contributed by atoms with Crippen molar-refractivity contribution in [2.24, 2.45) is 11.3 Å². The monoisotopic (exact) mass is 872 g/mol. The molecule has 1 saturated heterocycles. The van der Waals surface area contributed by atoms with Crippen molar-refractivity contribution >= 4 is 72.7 Å². The standard InChI is InChI=1S/C38H45IN6O8S/c1-7-22-18-38(22,36(49)44-54(50,51)26-12-13-26)43-33(47)29-17-25(53-34-28-16-23(39)11-14-27(28)30(52-6)19-41-34)20-45(29)35(48)31(37(2,3)4)42-24-10-8-9-21(15-24)32(46)40-5/h7-11,14-16,19,22,25-26,29,31,42H,1,12-13,17-18,20H2,2-6H3,(H,40,46)(H,43,47)(H,44,49)/t22-,25-,29+,31?,38-/m1/s1. The van der Waals surface area contributed by atoms with Gasteiger partial charge in [-0.2, -0.15) is 0 Å². The molecule has 4 amide bonds. The Morgan fingerprint density at radius 3 is 2.48 bits per heavy atom. The number of halogens is 1. The number of rotatable bonds is 13. The van der Waals surface area contributed by atoms with Crippen LogP contribution in [0, 0.1) is 14.9 Å². The number of benzene rings is 2. The topological polar surface area (TPSA) is 185 Å². The highest BCUT2D eigenvalue weighted by Crippen LogP contribution is 2.46. The number of carbonyl (C=O) groups excluding carboxylic acids is 4. The Morgan fingerprint density at radius 1 is 1.11 bits per heavy atom. The van der Waals surface area contributed by atoms with Crippen LogP contribution in [0.25, 0.3) is 10.8 Å². The SMILES string of the molecule is C=C[C@@H]1C[C@]1(NC(=O)[C@@H]1C[C@@H](Oc2ncc(OC)c3ccc(I)cc23)CN1C(=O)C(Nc1cccc(C(=O)NC)c1)C(C)(C)C)C(=O)NS(=O)(=O)C1CC1. The van der Waals surface area contributed by atoms with Gasteiger partial charge in [0.25, 0.3) is 11.8 Å². The van der Waals surface area contributed by atoms with E-state index in [1.54, 1.807) is 37.6 Å². The maximum absolute atomic E-state index is 14.8. The predicted octanol–water partition coefficient (Wildman–Crippen LogP) is 3.75. The molecular weight excluding hydrogens is 827 g/mol. The van der Waals surface area contributed by atoms with Crippen LogP contribution in [0.4, 0.5) is 5.69 Å². The molecule has 3 aliphatic rings. The molecule has 0 bridgehead atoms. The van der Waals surface area contributed by atoms with Crippen LogP contribution in [-0.2, 0) is 24.4 Å². The number of pyridine rings is 1. The summed E-state index contributed by atoms with van der Waals surface area (Å²) >= 11 is 2.19. The largest absolute Gasteiger partial charge is 0.494 e. The number of anilines is 1. The highest BCUT2D eigenvalue weighted by molar-refractivity contribution is 14.1. The first-order valence-electron chi connectivity index (χ1n) is 17.7. The van der Waals surface area contributed by atoms with E-state index in [0.717, 1.165) is 8.96 Å². The van der Waals surface area contributed by atoms with E-state index in [0.29, 0.717) is 41.1 Å². The minimum absolute atomic E-state index is 0.00271. The molecule has 3 fully saturated rings. The van der Waals surface area contributed by atoms with E-state index in [4.69, 9.17) is 9.47 Å². The first-order valence-corrected chi connectivity index (χ1v) is 20.3. The molecule has 16 heteroatoms. The van der Waals surface area contributed by atoms with Gasteiger partial charge in [-0.3, -0.25) is 23.9 Å². The third-order valence-corrected chi connectivity index (χ3v) is 12.6. The lowest BCUT2D eigenvalue weighted by molar-refractivity contribution is -0.141. The van der Waals surface area contributed by atoms with Crippen LogP contribution >= 0.6 is 22.6 Å². The highest BCUT2D eigenvalue weighted by atomic mass is 127. The van der Waals surface area contributed by atoms with Crippen molar-refractivity contribution < 1.29 is 37.1 Å². The van der Waals surface area contributed by atoms with Gasteiger partial charge in [0.05, 0.1) is 25.1 Å². The number of ether oxygens (including phenoxy) is 2. The zero-order valence-electron chi connectivity index (χ0n) is 30.8. The molecule has 5 atom stereocenters. The molecule has 54 heavy (non-hydrogen) atoms. The van der Waals surface area contributed by atoms with Crippen LogP contribution in [0.3, 0.4) is 0 Å². The van der Waals surface area contributed by atoms with E-state index < -0.39 is 68.1 Å². The van der Waals surface area contributed by atoms with Crippen molar-refractivity contribution in [1.29, 1.82) is 0 Å². The van der Waals surface area contributed by atoms with Crippen molar-refractivity contribution in [3.8, 4) is 11.6 Å². The van der Waals surface area contributed by atoms with Gasteiger partial charge in [-0.05, 0) is 83.7 Å². The molecule has 1 aliphatic heterocycles. The number of amides is 4. The average Bonchev–Trinajstić information content (AvgIpc) is 4.06. The Kier molecular flexibility index (Phi) is 10.9. The Morgan fingerprint density at radius 2 is 1.85 bits per heavy atom. The zero-order valence-corrected chi connectivity index (χ0v) is 33.7. The summed E-state index contributed by atoms with van der Waals surface area (Å²) in [7, 11) is -0.810. The summed E-state index contributed by atoms with van der Waals surface area (Å²) in [5, 5.41) is 9.57. The lowest BCUT2D eigenvalue weighted by atomic mass is 9.85. The van der Waals surface area contributed by atoms with Crippen molar-refractivity contribution in [2.45, 2.75) is 75.4 Å². The fourth-order valence-corrected chi connectivity index (χ4v) is 8.70. The Bertz CT molecular complexity index is 2120. The smallest absolute Gasteiger partial charge is 0.259 e. The second kappa shape index (κ2) is 15.0. The maximum atomic E-state index is 14.8. The Labute approximate surface area is 328 Å². The van der Waals surface area contributed by atoms with Crippen LogP contribution in [0.1, 0.15) is 56.8 Å². The molecule has 14 nitrogen and oxygen atoms in total. The number of sulfonamides is 1. The second-order valence-electron chi connectivity index (χ2n) is 15.1. The number of methoxy groups -OCH3 is 1. The molecule has 1 unspecified atom stereocenters. The lowest BCUT2D eigenvalue weighted by Crippen LogP contribution is -2.58. The number of hydrogen-bond donors (Lipinski definition) is 4. The summed E-state index contributed by atoms with van der Waals surface area (Å²) in [6.45, 7) is 9.46. The van der Waals surface area contributed by atoms with Crippen LogP contribution in [0.2, 0.25) is 0 Å². The number of likely N-dealkylation sites (tertiary alicyclic amines) is 1. The van der Waals surface area contributed by atoms with Crippen LogP contribution in [0.5, 0.6) is 11.6 Å². The molecule has 4 N–H and O–H groups in total. The zero-order chi connectivity index (χ0) is 39.2. The first kappa shape index (κ1) is 39.2. The fourth-order valence-electron chi connectivity index (χ4n) is 6.85. The van der Waals surface area contributed by atoms with E-state index in [9.17, 15) is 27.6 Å². The van der Waals surface area contributed by atoms with Crippen LogP contribution < -0.4 is 30.1 Å². The quantitative estimate of drug-likeness (QED) is 0.146. The summed E-state index contributed by atoms with van der Waals surface area (Å²) in [6.07, 6.45) is 3.51. The third-order valence-electron chi connectivity index (χ3n) is 10.1. The van der Waals surface area contributed by atoms with Gasteiger partial charge in [0.15, 0.2) is 0 Å². The van der Waals surface area contributed by atoms with Crippen molar-refractivity contribution in [1.82, 2.24) is 25.2 Å². The number of nitrogens with one attached hydrogen (secondary N) is 4. The number of aromatic nitrogens is 1. The molecule has 0 spiro atoms. The van der Waals surface area contributed by atoms with Gasteiger partial charge < -0.3 is 30.3 Å². The molecule has 3 aromatic rings. The Balaban J connectivity index is 1.33. The normalized spacial score (nSPS) is 22.9. The van der Waals surface area contributed by atoms with Gasteiger partial charge in [-0.25, -0.2) is 13.4 Å². The molecule has 288 valence electrons. The number of nitrogens with zero attached hydrogens (tertiary/aromatic N) is 2. The van der Waals surface area contributed by atoms with Crippen LogP contribution in [0.15, 0.2) is 61.3 Å².